The largest absolute Gasteiger partial charge is 0.327 e. The highest BCUT2D eigenvalue weighted by Crippen LogP contribution is 2.29. The first kappa shape index (κ1) is 14.1. The van der Waals surface area contributed by atoms with Gasteiger partial charge < -0.3 is 5.73 Å². The summed E-state index contributed by atoms with van der Waals surface area (Å²) < 4.78 is 3.27. The van der Waals surface area contributed by atoms with E-state index in [9.17, 15) is 0 Å². The number of rotatable bonds is 5. The molecule has 3 nitrogen and oxygen atoms in total. The molecule has 0 bridgehead atoms. The Kier molecular flexibility index (Phi) is 4.84. The lowest BCUT2D eigenvalue weighted by Crippen LogP contribution is -2.29. The first-order chi connectivity index (χ1) is 8.63. The van der Waals surface area contributed by atoms with Gasteiger partial charge in [0.1, 0.15) is 0 Å². The third-order valence-electron chi connectivity index (χ3n) is 4.17. The molecule has 1 fully saturated rings. The van der Waals surface area contributed by atoms with E-state index in [-0.39, 0.29) is 0 Å². The normalized spacial score (nSPS) is 18.4. The van der Waals surface area contributed by atoms with E-state index in [1.807, 2.05) is 0 Å². The first-order valence-corrected chi connectivity index (χ1v) is 7.90. The zero-order valence-electron chi connectivity index (χ0n) is 11.5. The van der Waals surface area contributed by atoms with Crippen LogP contribution in [0.4, 0.5) is 0 Å². The van der Waals surface area contributed by atoms with Crippen LogP contribution in [0.15, 0.2) is 4.47 Å². The minimum absolute atomic E-state index is 0.361. The zero-order chi connectivity index (χ0) is 13.1. The van der Waals surface area contributed by atoms with Gasteiger partial charge in [-0.15, -0.1) is 0 Å². The molecular formula is C14H24BrN3. The fourth-order valence-corrected chi connectivity index (χ4v) is 3.51. The molecular weight excluding hydrogens is 290 g/mol. The van der Waals surface area contributed by atoms with Crippen molar-refractivity contribution in [2.24, 2.45) is 11.7 Å². The highest BCUT2D eigenvalue weighted by atomic mass is 79.9. The zero-order valence-corrected chi connectivity index (χ0v) is 13.0. The lowest BCUT2D eigenvalue weighted by molar-refractivity contribution is 0.405. The van der Waals surface area contributed by atoms with E-state index in [0.29, 0.717) is 6.04 Å². The molecule has 1 saturated carbocycles. The maximum Gasteiger partial charge on any atom is 0.0738 e. The predicted molar refractivity (Wildman–Crippen MR) is 78.6 cm³/mol. The van der Waals surface area contributed by atoms with Crippen molar-refractivity contribution in [1.29, 1.82) is 0 Å². The molecule has 0 saturated heterocycles. The van der Waals surface area contributed by atoms with Gasteiger partial charge >= 0.3 is 0 Å². The van der Waals surface area contributed by atoms with E-state index in [0.717, 1.165) is 31.0 Å². The van der Waals surface area contributed by atoms with Crippen molar-refractivity contribution in [1.82, 2.24) is 9.78 Å². The summed E-state index contributed by atoms with van der Waals surface area (Å²) in [5.74, 6) is 0.753. The average molecular weight is 314 g/mol. The minimum Gasteiger partial charge on any atom is -0.327 e. The van der Waals surface area contributed by atoms with E-state index in [1.165, 1.54) is 35.8 Å². The summed E-state index contributed by atoms with van der Waals surface area (Å²) in [7, 11) is 0. The number of nitrogens with two attached hydrogens (primary N) is 1. The van der Waals surface area contributed by atoms with Crippen molar-refractivity contribution in [3.63, 3.8) is 0 Å². The third kappa shape index (κ3) is 2.97. The lowest BCUT2D eigenvalue weighted by Gasteiger charge is -2.18. The molecule has 1 aromatic heterocycles. The molecule has 0 spiro atoms. The predicted octanol–water partition coefficient (Wildman–Crippen LogP) is 3.42. The maximum absolute atomic E-state index is 6.33. The van der Waals surface area contributed by atoms with Crippen molar-refractivity contribution in [3.8, 4) is 0 Å². The van der Waals surface area contributed by atoms with Gasteiger partial charge in [0.15, 0.2) is 0 Å². The van der Waals surface area contributed by atoms with Crippen LogP contribution >= 0.6 is 15.9 Å². The molecule has 1 aromatic rings. The number of aryl methyl sites for hydroxylation is 2. The topological polar surface area (TPSA) is 43.8 Å². The van der Waals surface area contributed by atoms with Gasteiger partial charge in [0.2, 0.25) is 0 Å². The van der Waals surface area contributed by atoms with Crippen molar-refractivity contribution >= 4 is 15.9 Å². The smallest absolute Gasteiger partial charge is 0.0738 e. The van der Waals surface area contributed by atoms with Crippen molar-refractivity contribution in [3.05, 3.63) is 15.9 Å². The highest BCUT2D eigenvalue weighted by molar-refractivity contribution is 9.10. The molecule has 2 N–H and O–H groups in total. The Balaban J connectivity index is 1.96. The second-order valence-electron chi connectivity index (χ2n) is 5.41. The van der Waals surface area contributed by atoms with Crippen molar-refractivity contribution < 1.29 is 0 Å². The quantitative estimate of drug-likeness (QED) is 0.905. The van der Waals surface area contributed by atoms with Crippen LogP contribution in [0.3, 0.4) is 0 Å². The SMILES string of the molecule is CCn1nc(C)c(Br)c1CCC(N)C1CCCC1. The first-order valence-electron chi connectivity index (χ1n) is 7.10. The number of aromatic nitrogens is 2. The van der Waals surface area contributed by atoms with Gasteiger partial charge in [0.25, 0.3) is 0 Å². The number of hydrogen-bond acceptors (Lipinski definition) is 2. The van der Waals surface area contributed by atoms with Gasteiger partial charge in [-0.2, -0.15) is 5.10 Å². The van der Waals surface area contributed by atoms with E-state index in [1.54, 1.807) is 0 Å². The van der Waals surface area contributed by atoms with Crippen LogP contribution in [-0.4, -0.2) is 15.8 Å². The van der Waals surface area contributed by atoms with E-state index < -0.39 is 0 Å². The average Bonchev–Trinajstić information content (AvgIpc) is 2.97. The molecule has 1 heterocycles. The summed E-state index contributed by atoms with van der Waals surface area (Å²) in [5, 5.41) is 4.53. The molecule has 0 radical (unpaired) electrons. The van der Waals surface area contributed by atoms with Crippen LogP contribution < -0.4 is 5.73 Å². The minimum atomic E-state index is 0.361. The Morgan fingerprint density at radius 1 is 1.44 bits per heavy atom. The maximum atomic E-state index is 6.33. The highest BCUT2D eigenvalue weighted by Gasteiger charge is 2.22. The van der Waals surface area contributed by atoms with Crippen LogP contribution in [0.2, 0.25) is 0 Å². The second-order valence-corrected chi connectivity index (χ2v) is 6.20. The van der Waals surface area contributed by atoms with Crippen LogP contribution in [-0.2, 0) is 13.0 Å². The Morgan fingerprint density at radius 3 is 2.72 bits per heavy atom. The summed E-state index contributed by atoms with van der Waals surface area (Å²) in [6.45, 7) is 5.12. The van der Waals surface area contributed by atoms with E-state index >= 15 is 0 Å². The molecule has 4 heteroatoms. The molecule has 1 unspecified atom stereocenters. The van der Waals surface area contributed by atoms with Crippen LogP contribution in [0.25, 0.3) is 0 Å². The van der Waals surface area contributed by atoms with Crippen LogP contribution in [0.5, 0.6) is 0 Å². The number of halogens is 1. The van der Waals surface area contributed by atoms with Crippen molar-refractivity contribution in [2.45, 2.75) is 65.0 Å². The summed E-state index contributed by atoms with van der Waals surface area (Å²) >= 11 is 3.65. The molecule has 102 valence electrons. The van der Waals surface area contributed by atoms with E-state index in [4.69, 9.17) is 5.73 Å². The van der Waals surface area contributed by atoms with Gasteiger partial charge in [-0.25, -0.2) is 0 Å². The molecule has 1 aliphatic rings. The Hall–Kier alpha value is -0.350. The number of nitrogens with zero attached hydrogens (tertiary/aromatic N) is 2. The molecule has 1 aliphatic carbocycles. The standard InChI is InChI=1S/C14H24BrN3/c1-3-18-13(14(15)10(2)17-18)9-8-12(16)11-6-4-5-7-11/h11-12H,3-9,16H2,1-2H3. The number of hydrogen-bond donors (Lipinski definition) is 1. The monoisotopic (exact) mass is 313 g/mol. The van der Waals surface area contributed by atoms with Gasteiger partial charge in [-0.3, -0.25) is 4.68 Å². The Bertz CT molecular complexity index is 394. The summed E-state index contributed by atoms with van der Waals surface area (Å²) in [6, 6.07) is 0.361. The molecule has 0 aliphatic heterocycles. The summed E-state index contributed by atoms with van der Waals surface area (Å²) in [4.78, 5) is 0. The van der Waals surface area contributed by atoms with Gasteiger partial charge in [-0.05, 0) is 61.4 Å². The molecule has 1 atom stereocenters. The fourth-order valence-electron chi connectivity index (χ4n) is 3.03. The van der Waals surface area contributed by atoms with E-state index in [2.05, 4.69) is 39.6 Å². The van der Waals surface area contributed by atoms with Gasteiger partial charge in [0.05, 0.1) is 15.9 Å². The van der Waals surface area contributed by atoms with Crippen LogP contribution in [0.1, 0.15) is 50.4 Å². The molecule has 0 amide bonds. The Labute approximate surface area is 118 Å². The molecule has 2 rings (SSSR count). The Morgan fingerprint density at radius 2 is 2.11 bits per heavy atom. The third-order valence-corrected chi connectivity index (χ3v) is 5.20. The molecule has 18 heavy (non-hydrogen) atoms. The fraction of sp³-hybridized carbons (Fsp3) is 0.786. The van der Waals surface area contributed by atoms with Gasteiger partial charge in [0, 0.05) is 12.6 Å². The molecule has 0 aromatic carbocycles. The summed E-state index contributed by atoms with van der Waals surface area (Å²) in [6.07, 6.45) is 7.51. The van der Waals surface area contributed by atoms with Gasteiger partial charge in [-0.1, -0.05) is 12.8 Å². The second kappa shape index (κ2) is 6.20. The van der Waals surface area contributed by atoms with Crippen molar-refractivity contribution in [2.75, 3.05) is 0 Å². The summed E-state index contributed by atoms with van der Waals surface area (Å²) in [5.41, 5.74) is 8.72. The van der Waals surface area contributed by atoms with Crippen LogP contribution in [0, 0.1) is 12.8 Å². The lowest BCUT2D eigenvalue weighted by atomic mass is 9.94.